The Hall–Kier alpha value is -2.79. The summed E-state index contributed by atoms with van der Waals surface area (Å²) in [6.45, 7) is 1.56. The number of unbranched alkanes of at least 4 members (excludes halogenated alkanes) is 1. The molecule has 0 unspecified atom stereocenters. The van der Waals surface area contributed by atoms with Crippen molar-refractivity contribution in [1.29, 1.82) is 0 Å². The standard InChI is InChI=1S/C27H35N3O6S/c31-24(27-30-22-10-4-5-12-25(22)36-27)11-6-7-15-28-26(32)23(29-21-13-16-35-17-14-21)19-37(33,34)18-20-8-2-1-3-9-20/h1-5,8-10,12,21,23-24,29,31H,6-7,11,13-19H2,(H,28,32)/t23-,24-/m0/s1. The summed E-state index contributed by atoms with van der Waals surface area (Å²) in [5.74, 6) is -0.431. The Kier molecular flexibility index (Phi) is 9.68. The van der Waals surface area contributed by atoms with Gasteiger partial charge in [0.25, 0.3) is 0 Å². The number of carbonyl (C=O) groups excluding carboxylic acids is 1. The normalized spacial score (nSPS) is 16.5. The van der Waals surface area contributed by atoms with E-state index in [2.05, 4.69) is 15.6 Å². The van der Waals surface area contributed by atoms with E-state index in [0.717, 1.165) is 12.8 Å². The van der Waals surface area contributed by atoms with Crippen LogP contribution < -0.4 is 10.6 Å². The maximum Gasteiger partial charge on any atom is 0.238 e. The second-order valence-electron chi connectivity index (χ2n) is 9.47. The maximum absolute atomic E-state index is 13.0. The number of fused-ring (bicyclic) bond motifs is 1. The number of ether oxygens (including phenoxy) is 1. The highest BCUT2D eigenvalue weighted by Gasteiger charge is 2.28. The van der Waals surface area contributed by atoms with Crippen LogP contribution in [0.15, 0.2) is 59.0 Å². The summed E-state index contributed by atoms with van der Waals surface area (Å²) in [6, 6.07) is 15.5. The fourth-order valence-corrected chi connectivity index (χ4v) is 6.02. The molecule has 1 aliphatic rings. The molecule has 0 bridgehead atoms. The van der Waals surface area contributed by atoms with Gasteiger partial charge in [-0.05, 0) is 49.8 Å². The SMILES string of the molecule is O=C(NCCCC[C@H](O)c1nc2ccccc2o1)[C@H](CS(=O)(=O)Cc1ccccc1)NC1CCOCC1. The highest BCUT2D eigenvalue weighted by atomic mass is 32.2. The molecule has 37 heavy (non-hydrogen) atoms. The van der Waals surface area contributed by atoms with Crippen molar-refractivity contribution in [2.75, 3.05) is 25.5 Å². The largest absolute Gasteiger partial charge is 0.438 e. The molecule has 1 aromatic heterocycles. The van der Waals surface area contributed by atoms with Crippen LogP contribution in [0.1, 0.15) is 49.7 Å². The van der Waals surface area contributed by atoms with Crippen LogP contribution in [-0.4, -0.2) is 62.0 Å². The minimum absolute atomic E-state index is 0.0304. The van der Waals surface area contributed by atoms with Crippen molar-refractivity contribution in [3.8, 4) is 0 Å². The number of hydrogen-bond acceptors (Lipinski definition) is 8. The molecule has 0 radical (unpaired) electrons. The van der Waals surface area contributed by atoms with E-state index in [0.29, 0.717) is 55.7 Å². The first-order valence-electron chi connectivity index (χ1n) is 12.8. The molecule has 0 saturated carbocycles. The van der Waals surface area contributed by atoms with Gasteiger partial charge in [0.15, 0.2) is 15.4 Å². The van der Waals surface area contributed by atoms with Gasteiger partial charge in [-0.1, -0.05) is 42.5 Å². The van der Waals surface area contributed by atoms with Crippen LogP contribution in [0.3, 0.4) is 0 Å². The Morgan fingerprint density at radius 3 is 2.54 bits per heavy atom. The van der Waals surface area contributed by atoms with Crippen molar-refractivity contribution in [2.45, 2.75) is 56.0 Å². The summed E-state index contributed by atoms with van der Waals surface area (Å²) in [5, 5.41) is 16.6. The van der Waals surface area contributed by atoms with Crippen LogP contribution >= 0.6 is 0 Å². The molecule has 2 heterocycles. The number of rotatable bonds is 13. The number of benzene rings is 2. The first-order valence-corrected chi connectivity index (χ1v) is 14.6. The lowest BCUT2D eigenvalue weighted by molar-refractivity contribution is -0.123. The van der Waals surface area contributed by atoms with E-state index in [1.54, 1.807) is 30.3 Å². The van der Waals surface area contributed by atoms with Crippen LogP contribution in [0.25, 0.3) is 11.1 Å². The zero-order valence-electron chi connectivity index (χ0n) is 20.8. The van der Waals surface area contributed by atoms with Gasteiger partial charge in [0.2, 0.25) is 11.8 Å². The zero-order chi connectivity index (χ0) is 26.1. The maximum atomic E-state index is 13.0. The Morgan fingerprint density at radius 2 is 1.78 bits per heavy atom. The molecule has 1 aliphatic heterocycles. The third-order valence-corrected chi connectivity index (χ3v) is 8.04. The number of hydrogen-bond donors (Lipinski definition) is 3. The molecule has 200 valence electrons. The number of aromatic nitrogens is 1. The second kappa shape index (κ2) is 13.1. The fourth-order valence-electron chi connectivity index (χ4n) is 4.44. The zero-order valence-corrected chi connectivity index (χ0v) is 21.7. The topological polar surface area (TPSA) is 131 Å². The smallest absolute Gasteiger partial charge is 0.238 e. The Morgan fingerprint density at radius 1 is 1.05 bits per heavy atom. The molecular formula is C27H35N3O6S. The Balaban J connectivity index is 1.27. The number of aliphatic hydroxyl groups excluding tert-OH is 1. The lowest BCUT2D eigenvalue weighted by Gasteiger charge is -2.28. The van der Waals surface area contributed by atoms with Crippen molar-refractivity contribution in [1.82, 2.24) is 15.6 Å². The van der Waals surface area contributed by atoms with Crippen molar-refractivity contribution < 1.29 is 27.5 Å². The summed E-state index contributed by atoms with van der Waals surface area (Å²) >= 11 is 0. The van der Waals surface area contributed by atoms with E-state index in [4.69, 9.17) is 9.15 Å². The van der Waals surface area contributed by atoms with Gasteiger partial charge in [-0.2, -0.15) is 0 Å². The summed E-state index contributed by atoms with van der Waals surface area (Å²) in [6.07, 6.45) is 2.35. The number of aliphatic hydroxyl groups is 1. The summed E-state index contributed by atoms with van der Waals surface area (Å²) < 4.78 is 36.8. The Labute approximate surface area is 217 Å². The lowest BCUT2D eigenvalue weighted by atomic mass is 10.1. The molecular weight excluding hydrogens is 494 g/mol. The van der Waals surface area contributed by atoms with Crippen molar-refractivity contribution in [2.24, 2.45) is 0 Å². The summed E-state index contributed by atoms with van der Waals surface area (Å²) in [4.78, 5) is 17.3. The average molecular weight is 530 g/mol. The van der Waals surface area contributed by atoms with Gasteiger partial charge in [-0.25, -0.2) is 13.4 Å². The average Bonchev–Trinajstić information content (AvgIpc) is 3.33. The summed E-state index contributed by atoms with van der Waals surface area (Å²) in [7, 11) is -3.52. The fraction of sp³-hybridized carbons (Fsp3) is 0.481. The molecule has 10 heteroatoms. The van der Waals surface area contributed by atoms with Gasteiger partial charge in [0, 0.05) is 25.8 Å². The molecule has 2 atom stereocenters. The van der Waals surface area contributed by atoms with E-state index in [1.807, 2.05) is 24.3 Å². The highest BCUT2D eigenvalue weighted by molar-refractivity contribution is 7.90. The lowest BCUT2D eigenvalue weighted by Crippen LogP contribution is -2.53. The van der Waals surface area contributed by atoms with Gasteiger partial charge in [0.1, 0.15) is 17.7 Å². The first-order chi connectivity index (χ1) is 17.9. The Bertz CT molecular complexity index is 1210. The van der Waals surface area contributed by atoms with Crippen LogP contribution in [0.4, 0.5) is 0 Å². The van der Waals surface area contributed by atoms with Gasteiger partial charge >= 0.3 is 0 Å². The van der Waals surface area contributed by atoms with E-state index in [9.17, 15) is 18.3 Å². The minimum atomic E-state index is -3.52. The molecule has 4 rings (SSSR count). The van der Waals surface area contributed by atoms with E-state index in [-0.39, 0.29) is 29.3 Å². The number of amides is 1. The number of nitrogens with one attached hydrogen (secondary N) is 2. The molecule has 3 N–H and O–H groups in total. The molecule has 1 amide bonds. The molecule has 0 spiro atoms. The van der Waals surface area contributed by atoms with E-state index < -0.39 is 22.0 Å². The predicted molar refractivity (Wildman–Crippen MR) is 141 cm³/mol. The van der Waals surface area contributed by atoms with Crippen molar-refractivity contribution in [3.63, 3.8) is 0 Å². The third-order valence-electron chi connectivity index (χ3n) is 6.42. The second-order valence-corrected chi connectivity index (χ2v) is 11.6. The minimum Gasteiger partial charge on any atom is -0.438 e. The van der Waals surface area contributed by atoms with Gasteiger partial charge in [0.05, 0.1) is 11.5 Å². The summed E-state index contributed by atoms with van der Waals surface area (Å²) in [5.41, 5.74) is 2.04. The number of nitrogens with zero attached hydrogens (tertiary/aromatic N) is 1. The van der Waals surface area contributed by atoms with Gasteiger partial charge < -0.3 is 24.9 Å². The van der Waals surface area contributed by atoms with E-state index in [1.165, 1.54) is 0 Å². The molecule has 3 aromatic rings. The van der Waals surface area contributed by atoms with Gasteiger partial charge in [-0.15, -0.1) is 0 Å². The van der Waals surface area contributed by atoms with E-state index >= 15 is 0 Å². The van der Waals surface area contributed by atoms with Crippen LogP contribution in [0.5, 0.6) is 0 Å². The van der Waals surface area contributed by atoms with Gasteiger partial charge in [-0.3, -0.25) is 4.79 Å². The molecule has 9 nitrogen and oxygen atoms in total. The molecule has 1 saturated heterocycles. The van der Waals surface area contributed by atoms with Crippen LogP contribution in [0, 0.1) is 0 Å². The van der Waals surface area contributed by atoms with Crippen LogP contribution in [-0.2, 0) is 25.1 Å². The number of carbonyl (C=O) groups is 1. The molecule has 0 aliphatic carbocycles. The van der Waals surface area contributed by atoms with Crippen molar-refractivity contribution in [3.05, 3.63) is 66.1 Å². The first kappa shape index (κ1) is 27.3. The number of sulfone groups is 1. The van der Waals surface area contributed by atoms with Crippen molar-refractivity contribution >= 4 is 26.8 Å². The number of oxazole rings is 1. The molecule has 2 aromatic carbocycles. The molecule has 1 fully saturated rings. The monoisotopic (exact) mass is 529 g/mol. The van der Waals surface area contributed by atoms with Crippen LogP contribution in [0.2, 0.25) is 0 Å². The third kappa shape index (κ3) is 8.36. The highest BCUT2D eigenvalue weighted by Crippen LogP contribution is 2.23. The predicted octanol–water partition coefficient (Wildman–Crippen LogP) is 2.90. The quantitative estimate of drug-likeness (QED) is 0.288. The number of para-hydroxylation sites is 2.